The lowest BCUT2D eigenvalue weighted by Crippen LogP contribution is -2.15. The molecule has 0 spiro atoms. The predicted octanol–water partition coefficient (Wildman–Crippen LogP) is 7.22. The normalized spacial score (nSPS) is 15.3. The summed E-state index contributed by atoms with van der Waals surface area (Å²) in [7, 11) is 0. The van der Waals surface area contributed by atoms with Gasteiger partial charge in [-0.1, -0.05) is 50.2 Å². The van der Waals surface area contributed by atoms with Gasteiger partial charge in [-0.2, -0.15) is 0 Å². The molecule has 0 bridgehead atoms. The molecular weight excluding hydrogens is 368 g/mol. The fourth-order valence-corrected chi connectivity index (χ4v) is 6.17. The first-order valence-corrected chi connectivity index (χ1v) is 10.5. The van der Waals surface area contributed by atoms with Crippen LogP contribution in [0, 0.1) is 0 Å². The zero-order chi connectivity index (χ0) is 19.8. The first-order valence-electron chi connectivity index (χ1n) is 10.5. The summed E-state index contributed by atoms with van der Waals surface area (Å²) in [5, 5.41) is 5.13. The van der Waals surface area contributed by atoms with Crippen LogP contribution in [0.5, 0.6) is 0 Å². The highest BCUT2D eigenvalue weighted by atomic mass is 16.3. The van der Waals surface area contributed by atoms with E-state index in [1.165, 1.54) is 60.5 Å². The lowest BCUT2D eigenvalue weighted by atomic mass is 9.81. The first-order chi connectivity index (χ1) is 14.7. The Bertz CT molecular complexity index is 1820. The van der Waals surface area contributed by atoms with Crippen molar-refractivity contribution in [2.75, 3.05) is 0 Å². The SMILES string of the molecule is CC1(C)c2ccccc2-c2c1c1cccc3[nH]c4ccc5c6occc6n2c5c4c31. The highest BCUT2D eigenvalue weighted by molar-refractivity contribution is 6.29. The molecule has 142 valence electrons. The number of hydrogen-bond acceptors (Lipinski definition) is 1. The summed E-state index contributed by atoms with van der Waals surface area (Å²) in [5.74, 6) is 0. The number of furan rings is 1. The summed E-state index contributed by atoms with van der Waals surface area (Å²) in [6.07, 6.45) is 1.81. The molecular formula is C27H18N2O. The quantitative estimate of drug-likeness (QED) is 0.293. The topological polar surface area (TPSA) is 33.3 Å². The number of H-pyrrole nitrogens is 1. The van der Waals surface area contributed by atoms with Gasteiger partial charge in [-0.05, 0) is 34.7 Å². The third kappa shape index (κ3) is 1.42. The number of nitrogens with zero attached hydrogens (tertiary/aromatic N) is 1. The molecule has 0 unspecified atom stereocenters. The standard InChI is InChI=1S/C27H18N2O/c1-27(2)17-8-4-3-6-14(17)25-23(27)15-7-5-9-18-21(15)22-19(28-18)11-10-16-24(22)29(25)20-12-13-30-26(16)20/h3-13,28H,1-2H3. The molecule has 4 aromatic heterocycles. The smallest absolute Gasteiger partial charge is 0.159 e. The summed E-state index contributed by atoms with van der Waals surface area (Å²) in [5.41, 5.74) is 11.0. The van der Waals surface area contributed by atoms with E-state index in [4.69, 9.17) is 4.42 Å². The molecule has 7 aromatic rings. The van der Waals surface area contributed by atoms with Crippen LogP contribution in [0.4, 0.5) is 0 Å². The molecule has 0 fully saturated rings. The second kappa shape index (κ2) is 4.54. The van der Waals surface area contributed by atoms with E-state index >= 15 is 0 Å². The van der Waals surface area contributed by atoms with Crippen LogP contribution in [0.3, 0.4) is 0 Å². The van der Waals surface area contributed by atoms with Gasteiger partial charge in [-0.25, -0.2) is 0 Å². The van der Waals surface area contributed by atoms with Crippen LogP contribution in [0.1, 0.15) is 25.0 Å². The van der Waals surface area contributed by atoms with Crippen LogP contribution < -0.4 is 0 Å². The van der Waals surface area contributed by atoms with E-state index in [2.05, 4.69) is 83.9 Å². The fourth-order valence-electron chi connectivity index (χ4n) is 6.17. The summed E-state index contributed by atoms with van der Waals surface area (Å²) < 4.78 is 8.47. The summed E-state index contributed by atoms with van der Waals surface area (Å²) in [6, 6.07) is 22.1. The van der Waals surface area contributed by atoms with Gasteiger partial charge in [0.2, 0.25) is 0 Å². The predicted molar refractivity (Wildman–Crippen MR) is 123 cm³/mol. The van der Waals surface area contributed by atoms with Gasteiger partial charge in [-0.15, -0.1) is 0 Å². The molecule has 1 N–H and O–H groups in total. The average Bonchev–Trinajstić information content (AvgIpc) is 3.45. The molecule has 0 saturated heterocycles. The summed E-state index contributed by atoms with van der Waals surface area (Å²) >= 11 is 0. The van der Waals surface area contributed by atoms with Gasteiger partial charge in [0.15, 0.2) is 5.58 Å². The highest BCUT2D eigenvalue weighted by Gasteiger charge is 2.39. The minimum absolute atomic E-state index is 0.0987. The van der Waals surface area contributed by atoms with Crippen molar-refractivity contribution in [3.05, 3.63) is 78.1 Å². The number of nitrogens with one attached hydrogen (secondary N) is 1. The molecule has 30 heavy (non-hydrogen) atoms. The molecule has 8 rings (SSSR count). The Labute approximate surface area is 171 Å². The van der Waals surface area contributed by atoms with Crippen molar-refractivity contribution in [2.24, 2.45) is 0 Å². The molecule has 3 aromatic carbocycles. The summed E-state index contributed by atoms with van der Waals surface area (Å²) in [6.45, 7) is 4.72. The maximum absolute atomic E-state index is 6.01. The lowest BCUT2D eigenvalue weighted by Gasteiger charge is -2.22. The van der Waals surface area contributed by atoms with E-state index in [1.807, 2.05) is 6.26 Å². The Morgan fingerprint density at radius 3 is 2.63 bits per heavy atom. The molecule has 4 heterocycles. The molecule has 3 nitrogen and oxygen atoms in total. The van der Waals surface area contributed by atoms with Crippen molar-refractivity contribution in [3.8, 4) is 11.3 Å². The molecule has 0 saturated carbocycles. The van der Waals surface area contributed by atoms with Crippen LogP contribution in [0.25, 0.3) is 60.5 Å². The Balaban J connectivity index is 1.87. The zero-order valence-electron chi connectivity index (χ0n) is 16.7. The van der Waals surface area contributed by atoms with Crippen molar-refractivity contribution in [1.82, 2.24) is 9.38 Å². The number of aromatic amines is 1. The molecule has 1 aliphatic rings. The van der Waals surface area contributed by atoms with Crippen LogP contribution in [-0.4, -0.2) is 9.38 Å². The molecule has 0 atom stereocenters. The van der Waals surface area contributed by atoms with Crippen LogP contribution >= 0.6 is 0 Å². The number of aromatic nitrogens is 2. The van der Waals surface area contributed by atoms with E-state index in [0.717, 1.165) is 11.1 Å². The molecule has 0 amide bonds. The molecule has 0 radical (unpaired) electrons. The first kappa shape index (κ1) is 15.2. The zero-order valence-corrected chi connectivity index (χ0v) is 16.7. The van der Waals surface area contributed by atoms with Crippen molar-refractivity contribution < 1.29 is 4.42 Å². The van der Waals surface area contributed by atoms with Gasteiger partial charge >= 0.3 is 0 Å². The van der Waals surface area contributed by atoms with Crippen LogP contribution in [-0.2, 0) is 5.41 Å². The van der Waals surface area contributed by atoms with Crippen molar-refractivity contribution in [1.29, 1.82) is 0 Å². The molecule has 1 aliphatic carbocycles. The van der Waals surface area contributed by atoms with E-state index < -0.39 is 0 Å². The van der Waals surface area contributed by atoms with E-state index in [9.17, 15) is 0 Å². The fraction of sp³-hybridized carbons (Fsp3) is 0.111. The Hall–Kier alpha value is -3.72. The van der Waals surface area contributed by atoms with Crippen LogP contribution in [0.15, 0.2) is 71.3 Å². The maximum atomic E-state index is 6.01. The second-order valence-electron chi connectivity index (χ2n) is 9.10. The second-order valence-corrected chi connectivity index (χ2v) is 9.10. The molecule has 3 heteroatoms. The molecule has 0 aliphatic heterocycles. The average molecular weight is 386 g/mol. The maximum Gasteiger partial charge on any atom is 0.159 e. The van der Waals surface area contributed by atoms with Crippen molar-refractivity contribution in [3.63, 3.8) is 0 Å². The summed E-state index contributed by atoms with van der Waals surface area (Å²) in [4.78, 5) is 3.67. The number of rotatable bonds is 0. The van der Waals surface area contributed by atoms with Gasteiger partial charge in [0.25, 0.3) is 0 Å². The Morgan fingerprint density at radius 1 is 0.833 bits per heavy atom. The minimum atomic E-state index is -0.0987. The Morgan fingerprint density at radius 2 is 1.70 bits per heavy atom. The largest absolute Gasteiger partial charge is 0.462 e. The monoisotopic (exact) mass is 386 g/mol. The van der Waals surface area contributed by atoms with Crippen LogP contribution in [0.2, 0.25) is 0 Å². The third-order valence-corrected chi connectivity index (χ3v) is 7.33. The van der Waals surface area contributed by atoms with E-state index in [0.29, 0.717) is 0 Å². The van der Waals surface area contributed by atoms with Gasteiger partial charge < -0.3 is 13.8 Å². The van der Waals surface area contributed by atoms with Gasteiger partial charge in [-0.3, -0.25) is 0 Å². The van der Waals surface area contributed by atoms with Gasteiger partial charge in [0.1, 0.15) is 0 Å². The van der Waals surface area contributed by atoms with Crippen molar-refractivity contribution in [2.45, 2.75) is 19.3 Å². The van der Waals surface area contributed by atoms with E-state index in [1.54, 1.807) is 0 Å². The Kier molecular flexibility index (Phi) is 2.30. The van der Waals surface area contributed by atoms with E-state index in [-0.39, 0.29) is 5.41 Å². The number of hydrogen-bond donors (Lipinski definition) is 1. The van der Waals surface area contributed by atoms with Gasteiger partial charge in [0.05, 0.1) is 23.0 Å². The number of benzene rings is 3. The van der Waals surface area contributed by atoms with Crippen molar-refractivity contribution >= 4 is 49.2 Å². The number of fused-ring (bicyclic) bond motifs is 8. The third-order valence-electron chi connectivity index (χ3n) is 7.33. The highest BCUT2D eigenvalue weighted by Crippen LogP contribution is 2.54. The lowest BCUT2D eigenvalue weighted by molar-refractivity contribution is 0.619. The minimum Gasteiger partial charge on any atom is -0.462 e. The van der Waals surface area contributed by atoms with Gasteiger partial charge in [0, 0.05) is 44.2 Å².